The molecule has 1 saturated heterocycles. The van der Waals surface area contributed by atoms with Crippen molar-refractivity contribution < 1.29 is 38.2 Å². The van der Waals surface area contributed by atoms with Crippen LogP contribution in [0, 0.1) is 34.5 Å². The van der Waals surface area contributed by atoms with Crippen LogP contribution in [-0.2, 0) is 28.7 Å². The number of ether oxygens (including phenoxy) is 3. The topological polar surface area (TPSA) is 227 Å². The Labute approximate surface area is 432 Å². The smallest absolute Gasteiger partial charge is 0.320 e. The quantitative estimate of drug-likeness (QED) is 0.0399. The van der Waals surface area contributed by atoms with Crippen molar-refractivity contribution in [1.82, 2.24) is 25.8 Å². The molecule has 18 heteroatoms. The van der Waals surface area contributed by atoms with Crippen LogP contribution in [0.1, 0.15) is 114 Å². The summed E-state index contributed by atoms with van der Waals surface area (Å²) in [6, 6.07) is 19.8. The summed E-state index contributed by atoms with van der Waals surface area (Å²) in [5.74, 6) is -1.59. The van der Waals surface area contributed by atoms with Crippen molar-refractivity contribution in [2.45, 2.75) is 124 Å². The van der Waals surface area contributed by atoms with E-state index in [0.717, 1.165) is 40.2 Å². The zero-order valence-corrected chi connectivity index (χ0v) is 44.3. The standard InChI is InChI=1S/C54H69ClN8O8S/c1-32(34-13-15-35(16-14-34)45-33(2)59-31-72-45)60-48(67)42-26-40(70-44(65)28-57)29-63(42)49(68)46(52(3,4)5)61-43(64)30-69-24-12-10-11-23-58-38-20-17-36(18-21-38)47(66)62-50-53(6,7)51(54(50,8)9)71-39-22-19-37(27-56)41(55)25-39/h13-22,25,31-32,40,42,46,50-51,58H,10-12,23-24,26,28-30,57H2,1-9H3,(H,60,67)(H,61,64)(H,62,66)/t32-,40+,42-,46+,50?,51?/m0/s1. The van der Waals surface area contributed by atoms with Crippen molar-refractivity contribution in [2.75, 3.05) is 38.2 Å². The minimum Gasteiger partial charge on any atom is -0.489 e. The lowest BCUT2D eigenvalue weighted by molar-refractivity contribution is -0.164. The minimum atomic E-state index is -1.01. The van der Waals surface area contributed by atoms with Gasteiger partial charge < -0.3 is 46.1 Å². The number of amides is 4. The number of halogens is 1. The number of carbonyl (C=O) groups excluding carboxylic acids is 5. The number of nitriles is 1. The van der Waals surface area contributed by atoms with Gasteiger partial charge in [0.2, 0.25) is 17.7 Å². The summed E-state index contributed by atoms with van der Waals surface area (Å²) in [6.45, 7) is 18.0. The van der Waals surface area contributed by atoms with Crippen LogP contribution >= 0.6 is 22.9 Å². The number of thiazole rings is 1. The van der Waals surface area contributed by atoms with Gasteiger partial charge in [-0.2, -0.15) is 5.26 Å². The molecule has 6 N–H and O–H groups in total. The summed E-state index contributed by atoms with van der Waals surface area (Å²) in [4.78, 5) is 74.0. The van der Waals surface area contributed by atoms with E-state index in [9.17, 15) is 29.2 Å². The van der Waals surface area contributed by atoms with E-state index < -0.39 is 53.3 Å². The Morgan fingerprint density at radius 2 is 1.67 bits per heavy atom. The number of rotatable bonds is 21. The van der Waals surface area contributed by atoms with Gasteiger partial charge in [0.25, 0.3) is 5.91 Å². The lowest BCUT2D eigenvalue weighted by atomic mass is 9.49. The van der Waals surface area contributed by atoms with Gasteiger partial charge in [0, 0.05) is 53.8 Å². The summed E-state index contributed by atoms with van der Waals surface area (Å²) < 4.78 is 17.6. The summed E-state index contributed by atoms with van der Waals surface area (Å²) in [6.07, 6.45) is 1.48. The van der Waals surface area contributed by atoms with Crippen molar-refractivity contribution >= 4 is 58.2 Å². The molecule has 3 aromatic carbocycles. The third-order valence-electron chi connectivity index (χ3n) is 13.6. The Kier molecular flexibility index (Phi) is 18.2. The van der Waals surface area contributed by atoms with Gasteiger partial charge in [-0.3, -0.25) is 24.0 Å². The highest BCUT2D eigenvalue weighted by molar-refractivity contribution is 7.13. The summed E-state index contributed by atoms with van der Waals surface area (Å²) in [5.41, 5.74) is 10.5. The molecule has 1 aliphatic heterocycles. The normalized spacial score (nSPS) is 19.7. The highest BCUT2D eigenvalue weighted by Crippen LogP contribution is 2.55. The number of aromatic nitrogens is 1. The van der Waals surface area contributed by atoms with Crippen molar-refractivity contribution in [3.05, 3.63) is 99.6 Å². The van der Waals surface area contributed by atoms with E-state index in [1.165, 1.54) is 4.90 Å². The number of hydrogen-bond donors (Lipinski definition) is 5. The second-order valence-electron chi connectivity index (χ2n) is 21.0. The van der Waals surface area contributed by atoms with Crippen LogP contribution < -0.4 is 31.7 Å². The van der Waals surface area contributed by atoms with E-state index in [1.54, 1.807) is 47.2 Å². The largest absolute Gasteiger partial charge is 0.489 e. The van der Waals surface area contributed by atoms with E-state index in [4.69, 9.17) is 31.5 Å². The van der Waals surface area contributed by atoms with Crippen LogP contribution in [0.25, 0.3) is 10.4 Å². The van der Waals surface area contributed by atoms with Gasteiger partial charge in [-0.15, -0.1) is 11.3 Å². The number of carbonyl (C=O) groups is 5. The number of benzene rings is 3. The molecule has 2 heterocycles. The van der Waals surface area contributed by atoms with Gasteiger partial charge in [-0.05, 0) is 86.1 Å². The van der Waals surface area contributed by atoms with Crippen molar-refractivity contribution in [3.63, 3.8) is 0 Å². The van der Waals surface area contributed by atoms with Crippen LogP contribution in [-0.4, -0.2) is 103 Å². The molecule has 0 unspecified atom stereocenters. The van der Waals surface area contributed by atoms with Gasteiger partial charge in [0.05, 0.1) is 45.8 Å². The fourth-order valence-electron chi connectivity index (χ4n) is 9.97. The Hall–Kier alpha value is -6.06. The Morgan fingerprint density at radius 3 is 2.28 bits per heavy atom. The van der Waals surface area contributed by atoms with Crippen molar-refractivity contribution in [1.29, 1.82) is 5.26 Å². The molecule has 4 amide bonds. The fourth-order valence-corrected chi connectivity index (χ4v) is 11.0. The number of likely N-dealkylation sites (tertiary alicyclic amines) is 1. The highest BCUT2D eigenvalue weighted by Gasteiger charge is 2.64. The first kappa shape index (κ1) is 55.3. The van der Waals surface area contributed by atoms with E-state index >= 15 is 0 Å². The fraction of sp³-hybridized carbons (Fsp3) is 0.500. The lowest BCUT2D eigenvalue weighted by Gasteiger charge is -2.63. The number of hydrogen-bond acceptors (Lipinski definition) is 13. The summed E-state index contributed by atoms with van der Waals surface area (Å²) in [5, 5.41) is 22.1. The third-order valence-corrected chi connectivity index (χ3v) is 14.9. The molecule has 4 atom stereocenters. The monoisotopic (exact) mass is 1020 g/mol. The van der Waals surface area contributed by atoms with Gasteiger partial charge in [-0.25, -0.2) is 4.98 Å². The first-order valence-corrected chi connectivity index (χ1v) is 25.7. The zero-order valence-electron chi connectivity index (χ0n) is 42.7. The molecule has 386 valence electrons. The minimum absolute atomic E-state index is 0.0356. The average Bonchev–Trinajstić information content (AvgIpc) is 3.98. The number of nitrogens with zero attached hydrogens (tertiary/aromatic N) is 3. The average molecular weight is 1030 g/mol. The van der Waals surface area contributed by atoms with Gasteiger partial charge in [-0.1, -0.05) is 84.3 Å². The molecule has 0 bridgehead atoms. The molecular formula is C54H69ClN8O8S. The van der Waals surface area contributed by atoms with Crippen LogP contribution in [0.3, 0.4) is 0 Å². The Bertz CT molecular complexity index is 2590. The molecular weight excluding hydrogens is 956 g/mol. The molecule has 1 aliphatic carbocycles. The number of anilines is 1. The Morgan fingerprint density at radius 1 is 0.972 bits per heavy atom. The molecule has 16 nitrogen and oxygen atoms in total. The summed E-state index contributed by atoms with van der Waals surface area (Å²) >= 11 is 7.80. The SMILES string of the molecule is Cc1ncsc1-c1ccc([C@H](C)NC(=O)[C@@H]2C[C@@H](OC(=O)CN)CN2C(=O)[C@@H](NC(=O)COCCCCCNc2ccc(C(=O)NC3C(C)(C)C(Oc4ccc(C#N)c(Cl)c4)C3(C)C)cc2)C(C)(C)C)cc1. The number of nitrogens with one attached hydrogen (secondary N) is 4. The van der Waals surface area contributed by atoms with E-state index in [-0.39, 0.29) is 55.0 Å². The summed E-state index contributed by atoms with van der Waals surface area (Å²) in [7, 11) is 0. The van der Waals surface area contributed by atoms with E-state index in [1.807, 2.05) is 71.0 Å². The predicted octanol–water partition coefficient (Wildman–Crippen LogP) is 7.73. The first-order chi connectivity index (χ1) is 34.0. The molecule has 6 rings (SSSR count). The number of unbranched alkanes of at least 4 members (excludes halogenated alkanes) is 2. The van der Waals surface area contributed by atoms with Crippen LogP contribution in [0.15, 0.2) is 72.2 Å². The number of aryl methyl sites for hydroxylation is 1. The van der Waals surface area contributed by atoms with Gasteiger partial charge in [0.1, 0.15) is 42.7 Å². The number of esters is 1. The van der Waals surface area contributed by atoms with Crippen LogP contribution in [0.2, 0.25) is 5.02 Å². The predicted molar refractivity (Wildman–Crippen MR) is 278 cm³/mol. The van der Waals surface area contributed by atoms with Crippen LogP contribution in [0.4, 0.5) is 5.69 Å². The zero-order chi connectivity index (χ0) is 52.5. The van der Waals surface area contributed by atoms with E-state index in [0.29, 0.717) is 41.5 Å². The van der Waals surface area contributed by atoms with Gasteiger partial charge in [0.15, 0.2) is 0 Å². The maximum Gasteiger partial charge on any atom is 0.320 e. The lowest BCUT2D eigenvalue weighted by Crippen LogP contribution is -2.74. The van der Waals surface area contributed by atoms with Crippen LogP contribution in [0.5, 0.6) is 5.75 Å². The second-order valence-corrected chi connectivity index (χ2v) is 22.2. The highest BCUT2D eigenvalue weighted by atomic mass is 35.5. The maximum absolute atomic E-state index is 14.4. The molecule has 72 heavy (non-hydrogen) atoms. The maximum atomic E-state index is 14.4. The van der Waals surface area contributed by atoms with Crippen molar-refractivity contribution in [2.24, 2.45) is 22.0 Å². The third kappa shape index (κ3) is 13.3. The molecule has 4 aromatic rings. The Balaban J connectivity index is 0.922. The molecule has 2 aliphatic rings. The molecule has 0 radical (unpaired) electrons. The number of nitrogens with two attached hydrogens (primary N) is 1. The first-order valence-electron chi connectivity index (χ1n) is 24.4. The second kappa shape index (κ2) is 23.7. The molecule has 2 fully saturated rings. The van der Waals surface area contributed by atoms with Crippen molar-refractivity contribution in [3.8, 4) is 22.3 Å². The molecule has 0 spiro atoms. The molecule has 1 aromatic heterocycles. The molecule has 1 saturated carbocycles. The van der Waals surface area contributed by atoms with Gasteiger partial charge >= 0.3 is 5.97 Å². The van der Waals surface area contributed by atoms with E-state index in [2.05, 4.69) is 60.0 Å².